The summed E-state index contributed by atoms with van der Waals surface area (Å²) in [6.45, 7) is 1.96. The van der Waals surface area contributed by atoms with Gasteiger partial charge in [0.15, 0.2) is 0 Å². The summed E-state index contributed by atoms with van der Waals surface area (Å²) >= 11 is 3.41. The van der Waals surface area contributed by atoms with E-state index in [2.05, 4.69) is 26.2 Å². The van der Waals surface area contributed by atoms with Crippen molar-refractivity contribution in [1.29, 1.82) is 0 Å². The highest BCUT2D eigenvalue weighted by Gasteiger charge is 2.06. The zero-order valence-electron chi connectivity index (χ0n) is 8.67. The van der Waals surface area contributed by atoms with Crippen molar-refractivity contribution in [2.75, 3.05) is 5.32 Å². The Bertz CT molecular complexity index is 514. The van der Waals surface area contributed by atoms with Crippen molar-refractivity contribution in [1.82, 2.24) is 4.98 Å². The molecule has 1 N–H and O–H groups in total. The third-order valence-electron chi connectivity index (χ3n) is 2.21. The van der Waals surface area contributed by atoms with Crippen molar-refractivity contribution in [3.8, 4) is 0 Å². The number of para-hydroxylation sites is 1. The molecule has 1 heterocycles. The number of hydrogen-bond acceptors (Lipinski definition) is 2. The Morgan fingerprint density at radius 1 is 1.25 bits per heavy atom. The molecule has 0 atom stereocenters. The Labute approximate surface area is 102 Å². The molecule has 0 aliphatic heterocycles. The smallest absolute Gasteiger partial charge is 0.146 e. The number of rotatable bonds is 2. The molecule has 0 bridgehead atoms. The van der Waals surface area contributed by atoms with Crippen LogP contribution in [0.4, 0.5) is 15.9 Å². The van der Waals surface area contributed by atoms with Crippen molar-refractivity contribution in [2.24, 2.45) is 0 Å². The molecule has 82 valence electrons. The quantitative estimate of drug-likeness (QED) is 0.898. The van der Waals surface area contributed by atoms with Gasteiger partial charge in [-0.05, 0) is 46.6 Å². The van der Waals surface area contributed by atoms with Gasteiger partial charge >= 0.3 is 0 Å². The normalized spacial score (nSPS) is 10.2. The molecule has 0 radical (unpaired) electrons. The first-order valence-corrected chi connectivity index (χ1v) is 5.60. The molecular formula is C12H10BrFN2. The van der Waals surface area contributed by atoms with Gasteiger partial charge in [-0.3, -0.25) is 0 Å². The van der Waals surface area contributed by atoms with Gasteiger partial charge in [-0.25, -0.2) is 9.37 Å². The minimum atomic E-state index is -0.294. The van der Waals surface area contributed by atoms with Gasteiger partial charge in [0.25, 0.3) is 0 Å². The lowest BCUT2D eigenvalue weighted by atomic mass is 10.2. The van der Waals surface area contributed by atoms with Crippen LogP contribution in [0.15, 0.2) is 41.0 Å². The molecule has 1 aromatic heterocycles. The van der Waals surface area contributed by atoms with Gasteiger partial charge in [-0.2, -0.15) is 0 Å². The number of aryl methyl sites for hydroxylation is 1. The lowest BCUT2D eigenvalue weighted by Crippen LogP contribution is -1.97. The van der Waals surface area contributed by atoms with Crippen molar-refractivity contribution < 1.29 is 4.39 Å². The fourth-order valence-electron chi connectivity index (χ4n) is 1.32. The van der Waals surface area contributed by atoms with Crippen molar-refractivity contribution in [3.63, 3.8) is 0 Å². The summed E-state index contributed by atoms with van der Waals surface area (Å²) < 4.78 is 14.2. The van der Waals surface area contributed by atoms with E-state index in [4.69, 9.17) is 0 Å². The number of pyridine rings is 1. The maximum Gasteiger partial charge on any atom is 0.146 e. The molecule has 0 unspecified atom stereocenters. The predicted molar refractivity (Wildman–Crippen MR) is 66.4 cm³/mol. The van der Waals surface area contributed by atoms with E-state index in [1.165, 1.54) is 6.07 Å². The van der Waals surface area contributed by atoms with Crippen molar-refractivity contribution >= 4 is 27.4 Å². The number of nitrogens with zero attached hydrogens (tertiary/aromatic N) is 1. The summed E-state index contributed by atoms with van der Waals surface area (Å²) in [7, 11) is 0. The molecule has 4 heteroatoms. The monoisotopic (exact) mass is 280 g/mol. The molecule has 0 spiro atoms. The molecule has 0 amide bonds. The molecule has 0 saturated heterocycles. The van der Waals surface area contributed by atoms with Crippen LogP contribution in [0, 0.1) is 12.7 Å². The van der Waals surface area contributed by atoms with E-state index in [9.17, 15) is 4.39 Å². The Kier molecular flexibility index (Phi) is 3.19. The van der Waals surface area contributed by atoms with Crippen LogP contribution in [0.1, 0.15) is 5.56 Å². The third-order valence-corrected chi connectivity index (χ3v) is 3.21. The molecule has 2 aromatic rings. The highest BCUT2D eigenvalue weighted by atomic mass is 79.9. The number of anilines is 2. The SMILES string of the molecule is Cc1ccnc(Nc2ccccc2F)c1Br. The minimum Gasteiger partial charge on any atom is -0.337 e. The third kappa shape index (κ3) is 2.22. The summed E-state index contributed by atoms with van der Waals surface area (Å²) in [5.74, 6) is 0.322. The zero-order chi connectivity index (χ0) is 11.5. The minimum absolute atomic E-state index is 0.294. The molecule has 2 rings (SSSR count). The number of hydrogen-bond donors (Lipinski definition) is 1. The van der Waals surface area contributed by atoms with Crippen LogP contribution >= 0.6 is 15.9 Å². The average Bonchev–Trinajstić information content (AvgIpc) is 2.28. The number of benzene rings is 1. The van der Waals surface area contributed by atoms with E-state index in [-0.39, 0.29) is 5.82 Å². The summed E-state index contributed by atoms with van der Waals surface area (Å²) in [6, 6.07) is 8.39. The molecule has 0 fully saturated rings. The number of nitrogens with one attached hydrogen (secondary N) is 1. The van der Waals surface area contributed by atoms with Crippen LogP contribution < -0.4 is 5.32 Å². The standard InChI is InChI=1S/C12H10BrFN2/c1-8-6-7-15-12(11(8)13)16-10-5-3-2-4-9(10)14/h2-7H,1H3,(H,15,16). The zero-order valence-corrected chi connectivity index (χ0v) is 10.3. The second kappa shape index (κ2) is 4.61. The van der Waals surface area contributed by atoms with Crippen LogP contribution in [0.2, 0.25) is 0 Å². The van der Waals surface area contributed by atoms with Crippen LogP contribution in [-0.2, 0) is 0 Å². The topological polar surface area (TPSA) is 24.9 Å². The predicted octanol–water partition coefficient (Wildman–Crippen LogP) is 4.04. The first-order valence-electron chi connectivity index (χ1n) is 4.81. The first kappa shape index (κ1) is 11.1. The molecule has 0 aliphatic rings. The summed E-state index contributed by atoms with van der Waals surface area (Å²) in [6.07, 6.45) is 1.68. The summed E-state index contributed by atoms with van der Waals surface area (Å²) in [4.78, 5) is 4.15. The highest BCUT2D eigenvalue weighted by Crippen LogP contribution is 2.27. The largest absolute Gasteiger partial charge is 0.337 e. The number of aromatic nitrogens is 1. The van der Waals surface area contributed by atoms with Crippen LogP contribution in [0.25, 0.3) is 0 Å². The molecule has 0 aliphatic carbocycles. The summed E-state index contributed by atoms with van der Waals surface area (Å²) in [5, 5.41) is 2.95. The second-order valence-corrected chi connectivity index (χ2v) is 4.19. The van der Waals surface area contributed by atoms with Gasteiger partial charge in [0, 0.05) is 6.20 Å². The highest BCUT2D eigenvalue weighted by molar-refractivity contribution is 9.10. The van der Waals surface area contributed by atoms with E-state index in [1.807, 2.05) is 13.0 Å². The van der Waals surface area contributed by atoms with E-state index in [1.54, 1.807) is 24.4 Å². The lowest BCUT2D eigenvalue weighted by molar-refractivity contribution is 0.632. The van der Waals surface area contributed by atoms with E-state index in [0.29, 0.717) is 11.5 Å². The fourth-order valence-corrected chi connectivity index (χ4v) is 1.65. The lowest BCUT2D eigenvalue weighted by Gasteiger charge is -2.09. The van der Waals surface area contributed by atoms with Crippen molar-refractivity contribution in [2.45, 2.75) is 6.92 Å². The second-order valence-electron chi connectivity index (χ2n) is 3.40. The number of halogens is 2. The Hall–Kier alpha value is -1.42. The summed E-state index contributed by atoms with van der Waals surface area (Å²) in [5.41, 5.74) is 1.47. The van der Waals surface area contributed by atoms with Gasteiger partial charge in [0.05, 0.1) is 10.2 Å². The first-order chi connectivity index (χ1) is 7.68. The maximum absolute atomic E-state index is 13.4. The fraction of sp³-hybridized carbons (Fsp3) is 0.0833. The van der Waals surface area contributed by atoms with E-state index >= 15 is 0 Å². The molecule has 2 nitrogen and oxygen atoms in total. The van der Waals surface area contributed by atoms with Gasteiger partial charge in [-0.15, -0.1) is 0 Å². The molecule has 16 heavy (non-hydrogen) atoms. The van der Waals surface area contributed by atoms with E-state index in [0.717, 1.165) is 10.0 Å². The van der Waals surface area contributed by atoms with Crippen LogP contribution in [0.5, 0.6) is 0 Å². The average molecular weight is 281 g/mol. The Balaban J connectivity index is 2.35. The van der Waals surface area contributed by atoms with E-state index < -0.39 is 0 Å². The van der Waals surface area contributed by atoms with Crippen molar-refractivity contribution in [3.05, 3.63) is 52.4 Å². The Morgan fingerprint density at radius 3 is 2.75 bits per heavy atom. The molecule has 1 aromatic carbocycles. The molecular weight excluding hydrogens is 271 g/mol. The molecule has 0 saturated carbocycles. The van der Waals surface area contributed by atoms with Crippen LogP contribution in [-0.4, -0.2) is 4.98 Å². The van der Waals surface area contributed by atoms with Gasteiger partial charge in [0.1, 0.15) is 11.6 Å². The van der Waals surface area contributed by atoms with Gasteiger partial charge in [0.2, 0.25) is 0 Å². The Morgan fingerprint density at radius 2 is 2.00 bits per heavy atom. The maximum atomic E-state index is 13.4. The van der Waals surface area contributed by atoms with Gasteiger partial charge < -0.3 is 5.32 Å². The van der Waals surface area contributed by atoms with Gasteiger partial charge in [-0.1, -0.05) is 12.1 Å². The van der Waals surface area contributed by atoms with Crippen LogP contribution in [0.3, 0.4) is 0 Å².